The Morgan fingerprint density at radius 3 is 0.804 bits per heavy atom. The average Bonchev–Trinajstić information content (AvgIpc) is 3.00. The SMILES string of the molecule is CCCCCCCCCCCCc1ccc(Cc2ccc(CCCCCCCCCCCC)cc2)cc1.F[P-](F)(F)(F)(F)F.[CH2+]C. The van der Waals surface area contributed by atoms with E-state index < -0.39 is 7.81 Å². The van der Waals surface area contributed by atoms with Crippen LogP contribution >= 0.6 is 7.81 Å². The molecule has 0 radical (unpaired) electrons. The Hall–Kier alpha value is -1.68. The molecule has 7 heteroatoms. The minimum absolute atomic E-state index is 1.05. The van der Waals surface area contributed by atoms with Crippen molar-refractivity contribution in [1.29, 1.82) is 0 Å². The van der Waals surface area contributed by atoms with E-state index >= 15 is 0 Å². The number of aryl methyl sites for hydroxylation is 2. The Bertz CT molecular complexity index is 876. The molecule has 0 fully saturated rings. The van der Waals surface area contributed by atoms with Crippen LogP contribution in [-0.2, 0) is 19.3 Å². The van der Waals surface area contributed by atoms with Crippen molar-refractivity contribution in [2.75, 3.05) is 0 Å². The zero-order chi connectivity index (χ0) is 34.6. The normalized spacial score (nSPS) is 12.7. The van der Waals surface area contributed by atoms with Gasteiger partial charge in [-0.3, -0.25) is 0 Å². The smallest absolute Gasteiger partial charge is 0.0583 e. The molecule has 0 spiro atoms. The van der Waals surface area contributed by atoms with E-state index in [0.717, 1.165) is 6.42 Å². The fourth-order valence-electron chi connectivity index (χ4n) is 5.52. The van der Waals surface area contributed by atoms with Crippen LogP contribution in [0.15, 0.2) is 48.5 Å². The first-order chi connectivity index (χ1) is 21.8. The molecule has 0 aliphatic rings. The Morgan fingerprint density at radius 1 is 0.370 bits per heavy atom. The Balaban J connectivity index is 0.00000198. The number of unbranched alkanes of at least 4 members (excludes halogenated alkanes) is 18. The summed E-state index contributed by atoms with van der Waals surface area (Å²) in [6, 6.07) is 18.9. The van der Waals surface area contributed by atoms with Gasteiger partial charge < -0.3 is 0 Å². The molecule has 0 nitrogen and oxygen atoms in total. The summed E-state index contributed by atoms with van der Waals surface area (Å²) in [6.45, 7) is 9.59. The molecule has 0 atom stereocenters. The Kier molecular flexibility index (Phi) is 23.6. The van der Waals surface area contributed by atoms with Gasteiger partial charge in [-0.2, -0.15) is 0 Å². The molecule has 0 aromatic heterocycles. The van der Waals surface area contributed by atoms with Crippen LogP contribution in [0, 0.1) is 6.92 Å². The molecule has 2 rings (SSSR count). The molecule has 46 heavy (non-hydrogen) atoms. The first-order valence-electron chi connectivity index (χ1n) is 18.2. The van der Waals surface area contributed by atoms with Gasteiger partial charge in [-0.15, -0.1) is 0 Å². The molecule has 0 aliphatic heterocycles. The van der Waals surface area contributed by atoms with Gasteiger partial charge in [-0.1, -0.05) is 178 Å². The zero-order valence-corrected chi connectivity index (χ0v) is 30.2. The van der Waals surface area contributed by atoms with Crippen molar-refractivity contribution in [3.8, 4) is 0 Å². The van der Waals surface area contributed by atoms with Gasteiger partial charge in [-0.25, -0.2) is 0 Å². The van der Waals surface area contributed by atoms with Crippen LogP contribution in [0.4, 0.5) is 25.2 Å². The predicted octanol–water partition coefficient (Wildman–Crippen LogP) is 16.4. The van der Waals surface area contributed by atoms with E-state index in [1.807, 2.05) is 0 Å². The Labute approximate surface area is 278 Å². The van der Waals surface area contributed by atoms with Crippen molar-refractivity contribution in [3.05, 3.63) is 77.7 Å². The van der Waals surface area contributed by atoms with Crippen LogP contribution < -0.4 is 0 Å². The first-order valence-corrected chi connectivity index (χ1v) is 20.2. The van der Waals surface area contributed by atoms with Crippen LogP contribution in [0.3, 0.4) is 0 Å². The maximum absolute atomic E-state index is 10.7. The fourth-order valence-corrected chi connectivity index (χ4v) is 5.52. The van der Waals surface area contributed by atoms with Crippen molar-refractivity contribution in [2.24, 2.45) is 0 Å². The second-order valence-corrected chi connectivity index (χ2v) is 14.5. The minimum Gasteiger partial charge on any atom is 0.0583 e. The number of rotatable bonds is 24. The zero-order valence-electron chi connectivity index (χ0n) is 29.3. The summed E-state index contributed by atoms with van der Waals surface area (Å²) < 4.78 is 59.2. The molecule has 2 aromatic carbocycles. The Morgan fingerprint density at radius 2 is 0.565 bits per heavy atom. The van der Waals surface area contributed by atoms with E-state index in [-0.39, 0.29) is 0 Å². The van der Waals surface area contributed by atoms with E-state index in [0.29, 0.717) is 0 Å². The van der Waals surface area contributed by atoms with E-state index in [1.54, 1.807) is 6.92 Å². The average molecular weight is 679 g/mol. The molecule has 0 bridgehead atoms. The molecule has 2 aromatic rings. The van der Waals surface area contributed by atoms with Gasteiger partial charge >= 0.3 is 33.0 Å². The van der Waals surface area contributed by atoms with E-state index in [9.17, 15) is 25.2 Å². The summed E-state index contributed by atoms with van der Waals surface area (Å²) >= 11 is 0. The van der Waals surface area contributed by atoms with Crippen LogP contribution in [-0.4, -0.2) is 0 Å². The number of benzene rings is 2. The second kappa shape index (κ2) is 24.5. The van der Waals surface area contributed by atoms with Gasteiger partial charge in [0.25, 0.3) is 0 Å². The summed E-state index contributed by atoms with van der Waals surface area (Å²) in [5, 5.41) is 0. The van der Waals surface area contributed by atoms with Crippen molar-refractivity contribution in [3.63, 3.8) is 0 Å². The molecule has 0 saturated heterocycles. The summed E-state index contributed by atoms with van der Waals surface area (Å²) in [5.74, 6) is 0. The molecule has 0 aliphatic carbocycles. The quantitative estimate of drug-likeness (QED) is 0.0449. The molecule has 268 valence electrons. The monoisotopic (exact) mass is 678 g/mol. The molecule has 0 N–H and O–H groups in total. The number of halogens is 6. The van der Waals surface area contributed by atoms with Crippen LogP contribution in [0.2, 0.25) is 0 Å². The third-order valence-corrected chi connectivity index (χ3v) is 8.09. The fraction of sp³-hybridized carbons (Fsp3) is 0.667. The summed E-state index contributed by atoms with van der Waals surface area (Å²) in [7, 11) is -10.7. The van der Waals surface area contributed by atoms with E-state index in [1.165, 1.54) is 164 Å². The van der Waals surface area contributed by atoms with Crippen LogP contribution in [0.5, 0.6) is 0 Å². The molecule has 0 unspecified atom stereocenters. The third kappa shape index (κ3) is 33.7. The molecule has 0 amide bonds. The van der Waals surface area contributed by atoms with Gasteiger partial charge in [0.15, 0.2) is 0 Å². The van der Waals surface area contributed by atoms with Crippen LogP contribution in [0.25, 0.3) is 0 Å². The first kappa shape index (κ1) is 44.3. The van der Waals surface area contributed by atoms with Crippen LogP contribution in [0.1, 0.15) is 171 Å². The molecular weight excluding hydrogens is 613 g/mol. The van der Waals surface area contributed by atoms with Crippen molar-refractivity contribution in [1.82, 2.24) is 0 Å². The molecule has 0 heterocycles. The van der Waals surface area contributed by atoms with Gasteiger partial charge in [0.1, 0.15) is 0 Å². The van der Waals surface area contributed by atoms with E-state index in [4.69, 9.17) is 0 Å². The van der Waals surface area contributed by atoms with E-state index in [2.05, 4.69) is 69.3 Å². The topological polar surface area (TPSA) is 0 Å². The van der Waals surface area contributed by atoms with Gasteiger partial charge in [-0.05, 0) is 54.4 Å². The third-order valence-electron chi connectivity index (χ3n) is 8.09. The van der Waals surface area contributed by atoms with Crippen molar-refractivity contribution in [2.45, 2.75) is 168 Å². The predicted molar refractivity (Wildman–Crippen MR) is 191 cm³/mol. The van der Waals surface area contributed by atoms with Gasteiger partial charge in [0, 0.05) is 0 Å². The van der Waals surface area contributed by atoms with Gasteiger partial charge in [0.05, 0.1) is 13.8 Å². The van der Waals surface area contributed by atoms with Crippen molar-refractivity contribution < 1.29 is 25.2 Å². The summed E-state index contributed by atoms with van der Waals surface area (Å²) in [6.07, 6.45) is 31.8. The number of hydrogen-bond acceptors (Lipinski definition) is 0. The molecule has 0 saturated carbocycles. The number of hydrogen-bond donors (Lipinski definition) is 0. The minimum atomic E-state index is -10.7. The maximum atomic E-state index is 9.87. The van der Waals surface area contributed by atoms with Gasteiger partial charge in [0.2, 0.25) is 0 Å². The standard InChI is InChI=1S/C37H60.C2H5.F6P/c1-3-5-7-9-11-13-15-17-19-21-23-34-25-29-36(30-26-34)33-37-31-27-35(28-32-37)24-22-20-18-16-14-12-10-8-6-4-2;1-2;1-7(2,3,4,5)6/h25-32H,3-24,33H2,1-2H3;1H2,2H3;/q;+1;-1. The second-order valence-electron chi connectivity index (χ2n) is 12.6. The largest absolute Gasteiger partial charge is 0.0746 e. The maximum Gasteiger partial charge on any atom is 0.0746 e. The van der Waals surface area contributed by atoms with Crippen molar-refractivity contribution >= 4 is 7.81 Å². The molecular formula is C39H65F6P. The summed E-state index contributed by atoms with van der Waals surface area (Å²) in [4.78, 5) is 0. The summed E-state index contributed by atoms with van der Waals surface area (Å²) in [5.41, 5.74) is 5.90.